The maximum Gasteiger partial charge on any atom is 0.286 e. The van der Waals surface area contributed by atoms with Crippen molar-refractivity contribution in [3.05, 3.63) is 60.4 Å². The number of nitrogens with one attached hydrogen (secondary N) is 2. The van der Waals surface area contributed by atoms with Gasteiger partial charge in [-0.25, -0.2) is 8.42 Å². The Labute approximate surface area is 259 Å². The summed E-state index contributed by atoms with van der Waals surface area (Å²) >= 11 is 0. The molecule has 0 fully saturated rings. The minimum absolute atomic E-state index is 0.00351. The van der Waals surface area contributed by atoms with Gasteiger partial charge in [0.25, 0.3) is 5.91 Å². The number of nitrogens with two attached hydrogens (primary N) is 1. The van der Waals surface area contributed by atoms with Crippen LogP contribution >= 0.6 is 0 Å². The van der Waals surface area contributed by atoms with Crippen LogP contribution in [0, 0.1) is 11.8 Å². The van der Waals surface area contributed by atoms with Crippen molar-refractivity contribution in [2.75, 3.05) is 51.0 Å². The summed E-state index contributed by atoms with van der Waals surface area (Å²) in [6.07, 6.45) is 3.00. The Hall–Kier alpha value is -3.65. The van der Waals surface area contributed by atoms with E-state index in [1.165, 1.54) is 19.2 Å². The molecule has 2 amide bonds. The second-order valence-electron chi connectivity index (χ2n) is 10.7. The van der Waals surface area contributed by atoms with Crippen LogP contribution in [0.25, 0.3) is 0 Å². The van der Waals surface area contributed by atoms with E-state index in [-0.39, 0.29) is 67.0 Å². The van der Waals surface area contributed by atoms with Crippen molar-refractivity contribution < 1.29 is 37.3 Å². The van der Waals surface area contributed by atoms with Crippen LogP contribution in [0.2, 0.25) is 0 Å². The Kier molecular flexibility index (Phi) is 13.5. The summed E-state index contributed by atoms with van der Waals surface area (Å²) in [5.74, 6) is 0.373. The topological polar surface area (TPSA) is 170 Å². The van der Waals surface area contributed by atoms with E-state index in [9.17, 15) is 23.1 Å². The number of anilines is 2. The molecule has 13 heteroatoms. The van der Waals surface area contributed by atoms with Crippen LogP contribution in [0.3, 0.4) is 0 Å². The van der Waals surface area contributed by atoms with E-state index in [2.05, 4.69) is 10.6 Å². The van der Waals surface area contributed by atoms with Gasteiger partial charge in [0.1, 0.15) is 5.75 Å². The normalized spacial score (nSPS) is 16.7. The number of hydrogen-bond acceptors (Lipinski definition) is 9. The standard InChI is InChI=1S/C31H44N4O8S/c1-22(2)23-20-28(31(38)33-15-7-6-10-29(37)34-27-9-5-4-8-26(27)32)43-30(21-23)42-19-17-35(16-18-36)44(39,40)25-13-11-24(41-3)12-14-25/h4-5,8-9,11-14,20,22-23,30,36H,6-7,10,15-19,21,32H2,1-3H3,(H,33,38)(H,34,37)/t23-,30+/m0/s1. The summed E-state index contributed by atoms with van der Waals surface area (Å²) in [6.45, 7) is 3.96. The summed E-state index contributed by atoms with van der Waals surface area (Å²) in [4.78, 5) is 25.2. The number of carbonyl (C=O) groups is 2. The van der Waals surface area contributed by atoms with Gasteiger partial charge in [0.05, 0.1) is 36.6 Å². The number of aliphatic hydroxyl groups is 1. The van der Waals surface area contributed by atoms with Crippen LogP contribution in [0.5, 0.6) is 5.75 Å². The lowest BCUT2D eigenvalue weighted by atomic mass is 9.90. The van der Waals surface area contributed by atoms with E-state index in [0.717, 1.165) is 4.31 Å². The highest BCUT2D eigenvalue weighted by Gasteiger charge is 2.30. The molecule has 2 aromatic carbocycles. The molecule has 5 N–H and O–H groups in total. The second-order valence-corrected chi connectivity index (χ2v) is 12.7. The smallest absolute Gasteiger partial charge is 0.286 e. The van der Waals surface area contributed by atoms with Crippen molar-refractivity contribution >= 4 is 33.2 Å². The van der Waals surface area contributed by atoms with E-state index < -0.39 is 16.3 Å². The number of amides is 2. The molecule has 3 rings (SSSR count). The van der Waals surface area contributed by atoms with Crippen molar-refractivity contribution in [3.8, 4) is 5.75 Å². The Morgan fingerprint density at radius 2 is 1.84 bits per heavy atom. The molecular weight excluding hydrogens is 588 g/mol. The van der Waals surface area contributed by atoms with E-state index in [1.807, 2.05) is 13.8 Å². The molecule has 0 radical (unpaired) electrons. The lowest BCUT2D eigenvalue weighted by molar-refractivity contribution is -0.150. The number of carbonyl (C=O) groups excluding carboxylic acids is 2. The van der Waals surface area contributed by atoms with E-state index >= 15 is 0 Å². The van der Waals surface area contributed by atoms with Crippen molar-refractivity contribution in [3.63, 3.8) is 0 Å². The SMILES string of the molecule is COc1ccc(S(=O)(=O)N(CCO)CCO[C@H]2C[C@@H](C(C)C)C=C(C(=O)NCCCCC(=O)Nc3ccccc3N)O2)cc1. The molecule has 44 heavy (non-hydrogen) atoms. The van der Waals surface area contributed by atoms with Gasteiger partial charge in [-0.15, -0.1) is 0 Å². The maximum atomic E-state index is 13.2. The van der Waals surface area contributed by atoms with Gasteiger partial charge in [0.15, 0.2) is 5.76 Å². The third kappa shape index (κ3) is 10.2. The van der Waals surface area contributed by atoms with Gasteiger partial charge in [-0.1, -0.05) is 26.0 Å². The molecule has 0 bridgehead atoms. The molecule has 242 valence electrons. The van der Waals surface area contributed by atoms with Gasteiger partial charge in [0, 0.05) is 32.5 Å². The third-order valence-electron chi connectivity index (χ3n) is 7.21. The maximum absolute atomic E-state index is 13.2. The number of aliphatic hydroxyl groups excluding tert-OH is 1. The van der Waals surface area contributed by atoms with Crippen LogP contribution < -0.4 is 21.1 Å². The zero-order valence-corrected chi connectivity index (χ0v) is 26.3. The van der Waals surface area contributed by atoms with Crippen LogP contribution in [0.4, 0.5) is 11.4 Å². The molecule has 1 aliphatic heterocycles. The molecule has 0 spiro atoms. The lowest BCUT2D eigenvalue weighted by Gasteiger charge is -2.31. The van der Waals surface area contributed by atoms with Crippen molar-refractivity contribution in [2.24, 2.45) is 11.8 Å². The van der Waals surface area contributed by atoms with Crippen LogP contribution in [-0.4, -0.2) is 75.9 Å². The third-order valence-corrected chi connectivity index (χ3v) is 9.12. The Balaban J connectivity index is 1.48. The van der Waals surface area contributed by atoms with Crippen LogP contribution in [-0.2, 0) is 29.1 Å². The number of hydrogen-bond donors (Lipinski definition) is 4. The van der Waals surface area contributed by atoms with Gasteiger partial charge in [-0.2, -0.15) is 4.31 Å². The number of nitrogen functional groups attached to an aromatic ring is 1. The predicted octanol–water partition coefficient (Wildman–Crippen LogP) is 3.10. The minimum Gasteiger partial charge on any atom is -0.497 e. The van der Waals surface area contributed by atoms with Gasteiger partial charge < -0.3 is 35.7 Å². The highest BCUT2D eigenvalue weighted by atomic mass is 32.2. The molecule has 0 aromatic heterocycles. The van der Waals surface area contributed by atoms with Gasteiger partial charge >= 0.3 is 0 Å². The molecule has 0 saturated carbocycles. The molecular formula is C31H44N4O8S. The Morgan fingerprint density at radius 1 is 1.11 bits per heavy atom. The van der Waals surface area contributed by atoms with Crippen molar-refractivity contribution in [1.29, 1.82) is 0 Å². The van der Waals surface area contributed by atoms with Gasteiger partial charge in [-0.3, -0.25) is 9.59 Å². The summed E-state index contributed by atoms with van der Waals surface area (Å²) in [5, 5.41) is 15.1. The van der Waals surface area contributed by atoms with E-state index in [1.54, 1.807) is 42.5 Å². The number of allylic oxidation sites excluding steroid dienone is 1. The Morgan fingerprint density at radius 3 is 2.50 bits per heavy atom. The minimum atomic E-state index is -3.89. The van der Waals surface area contributed by atoms with Gasteiger partial charge in [-0.05, 0) is 67.2 Å². The quantitative estimate of drug-likeness (QED) is 0.151. The average molecular weight is 633 g/mol. The van der Waals surface area contributed by atoms with Gasteiger partial charge in [0.2, 0.25) is 22.2 Å². The van der Waals surface area contributed by atoms with Crippen molar-refractivity contribution in [2.45, 2.75) is 50.7 Å². The first-order valence-electron chi connectivity index (χ1n) is 14.7. The van der Waals surface area contributed by atoms with Crippen molar-refractivity contribution in [1.82, 2.24) is 9.62 Å². The van der Waals surface area contributed by atoms with E-state index in [4.69, 9.17) is 19.9 Å². The molecule has 0 aliphatic carbocycles. The predicted molar refractivity (Wildman–Crippen MR) is 167 cm³/mol. The highest BCUT2D eigenvalue weighted by Crippen LogP contribution is 2.29. The number of unbranched alkanes of at least 4 members (excludes halogenated alkanes) is 1. The number of methoxy groups -OCH3 is 1. The molecule has 0 saturated heterocycles. The molecule has 0 unspecified atom stereocenters. The summed E-state index contributed by atoms with van der Waals surface area (Å²) in [6, 6.07) is 13.0. The van der Waals surface area contributed by atoms with Crippen LogP contribution in [0.1, 0.15) is 39.5 Å². The molecule has 1 aliphatic rings. The Bertz CT molecular complexity index is 1360. The number of sulfonamides is 1. The number of para-hydroxylation sites is 2. The number of benzene rings is 2. The average Bonchev–Trinajstić information content (AvgIpc) is 3.01. The highest BCUT2D eigenvalue weighted by molar-refractivity contribution is 7.89. The molecule has 1 heterocycles. The molecule has 12 nitrogen and oxygen atoms in total. The fraction of sp³-hybridized carbons (Fsp3) is 0.484. The molecule has 2 atom stereocenters. The second kappa shape index (κ2) is 17.0. The fourth-order valence-corrected chi connectivity index (χ4v) is 5.99. The first-order chi connectivity index (χ1) is 21.0. The fourth-order valence-electron chi connectivity index (χ4n) is 4.58. The summed E-state index contributed by atoms with van der Waals surface area (Å²) in [7, 11) is -2.39. The first-order valence-corrected chi connectivity index (χ1v) is 16.2. The first kappa shape index (κ1) is 34.8. The monoisotopic (exact) mass is 632 g/mol. The van der Waals surface area contributed by atoms with E-state index in [0.29, 0.717) is 42.9 Å². The lowest BCUT2D eigenvalue weighted by Crippen LogP contribution is -2.38. The number of ether oxygens (including phenoxy) is 3. The zero-order valence-electron chi connectivity index (χ0n) is 25.5. The number of nitrogens with zero attached hydrogens (tertiary/aromatic N) is 1. The zero-order chi connectivity index (χ0) is 32.1. The molecule has 2 aromatic rings. The number of rotatable bonds is 17. The summed E-state index contributed by atoms with van der Waals surface area (Å²) in [5.41, 5.74) is 6.93. The largest absolute Gasteiger partial charge is 0.497 e. The summed E-state index contributed by atoms with van der Waals surface area (Å²) < 4.78 is 44.3. The van der Waals surface area contributed by atoms with Crippen LogP contribution in [0.15, 0.2) is 65.3 Å².